The van der Waals surface area contributed by atoms with E-state index in [2.05, 4.69) is 10.3 Å². The van der Waals surface area contributed by atoms with Crippen molar-refractivity contribution in [2.75, 3.05) is 5.32 Å². The zero-order valence-corrected chi connectivity index (χ0v) is 13.4. The van der Waals surface area contributed by atoms with Crippen LogP contribution in [0.5, 0.6) is 0 Å². The highest BCUT2D eigenvalue weighted by Gasteiger charge is 2.30. The van der Waals surface area contributed by atoms with Crippen molar-refractivity contribution in [3.8, 4) is 5.69 Å². The second-order valence-electron chi connectivity index (χ2n) is 5.43. The fraction of sp³-hybridized carbons (Fsp3) is 0.0526. The number of carbonyl (C=O) groups excluding carboxylic acids is 1. The van der Waals surface area contributed by atoms with Crippen LogP contribution in [0.4, 0.5) is 18.9 Å². The van der Waals surface area contributed by atoms with E-state index in [4.69, 9.17) is 0 Å². The summed E-state index contributed by atoms with van der Waals surface area (Å²) in [6.07, 6.45) is 3.07. The lowest BCUT2D eigenvalue weighted by Gasteiger charge is -2.10. The number of anilines is 1. The number of carbonyl (C=O) groups is 1. The van der Waals surface area contributed by atoms with E-state index >= 15 is 0 Å². The molecule has 0 aliphatic rings. The van der Waals surface area contributed by atoms with Gasteiger partial charge in [0.1, 0.15) is 0 Å². The summed E-state index contributed by atoms with van der Waals surface area (Å²) in [5.74, 6) is -0.449. The molecule has 0 bridgehead atoms. The summed E-state index contributed by atoms with van der Waals surface area (Å²) in [6.45, 7) is 0. The van der Waals surface area contributed by atoms with Crippen molar-refractivity contribution in [2.24, 2.45) is 0 Å². The van der Waals surface area contributed by atoms with Crippen LogP contribution in [0, 0.1) is 0 Å². The van der Waals surface area contributed by atoms with E-state index in [0.29, 0.717) is 5.69 Å². The molecule has 0 spiro atoms. The molecule has 132 valence electrons. The SMILES string of the molecule is O=C(C=Cc1cccc(C(F)(F)F)c1)Nc1ccccc1-n1ccnc1. The normalized spacial score (nSPS) is 11.7. The Morgan fingerprint density at radius 1 is 1.12 bits per heavy atom. The monoisotopic (exact) mass is 357 g/mol. The minimum absolute atomic E-state index is 0.290. The fourth-order valence-electron chi connectivity index (χ4n) is 2.37. The van der Waals surface area contributed by atoms with Crippen molar-refractivity contribution in [1.29, 1.82) is 0 Å². The number of nitrogens with zero attached hydrogens (tertiary/aromatic N) is 2. The number of aromatic nitrogens is 2. The number of hydrogen-bond acceptors (Lipinski definition) is 2. The van der Waals surface area contributed by atoms with Crippen molar-refractivity contribution in [1.82, 2.24) is 9.55 Å². The van der Waals surface area contributed by atoms with Crippen LogP contribution in [0.1, 0.15) is 11.1 Å². The highest BCUT2D eigenvalue weighted by atomic mass is 19.4. The van der Waals surface area contributed by atoms with Crippen LogP contribution < -0.4 is 5.32 Å². The third-order valence-electron chi connectivity index (χ3n) is 3.59. The van der Waals surface area contributed by atoms with Gasteiger partial charge in [0.25, 0.3) is 0 Å². The number of halogens is 3. The van der Waals surface area contributed by atoms with E-state index in [1.165, 1.54) is 24.3 Å². The highest BCUT2D eigenvalue weighted by Crippen LogP contribution is 2.29. The second-order valence-corrected chi connectivity index (χ2v) is 5.43. The van der Waals surface area contributed by atoms with Crippen molar-refractivity contribution in [2.45, 2.75) is 6.18 Å². The largest absolute Gasteiger partial charge is 0.416 e. The molecule has 0 saturated heterocycles. The van der Waals surface area contributed by atoms with Gasteiger partial charge in [-0.15, -0.1) is 0 Å². The van der Waals surface area contributed by atoms with Crippen LogP contribution in [-0.4, -0.2) is 15.5 Å². The number of rotatable bonds is 4. The average molecular weight is 357 g/mol. The van der Waals surface area contributed by atoms with E-state index in [1.807, 2.05) is 12.1 Å². The Bertz CT molecular complexity index is 931. The van der Waals surface area contributed by atoms with Crippen molar-refractivity contribution in [3.63, 3.8) is 0 Å². The predicted molar refractivity (Wildman–Crippen MR) is 92.7 cm³/mol. The lowest BCUT2D eigenvalue weighted by Crippen LogP contribution is -2.10. The number of nitrogens with one attached hydrogen (secondary N) is 1. The topological polar surface area (TPSA) is 46.9 Å². The standard InChI is InChI=1S/C19H14F3N3O/c20-19(21,22)15-5-3-4-14(12-15)8-9-18(26)24-16-6-1-2-7-17(16)25-11-10-23-13-25/h1-13H,(H,24,26). The first-order valence-corrected chi connectivity index (χ1v) is 7.67. The van der Waals surface area contributed by atoms with Gasteiger partial charge in [0.2, 0.25) is 5.91 Å². The molecule has 2 aromatic carbocycles. The Kier molecular flexibility index (Phi) is 4.88. The lowest BCUT2D eigenvalue weighted by atomic mass is 10.1. The summed E-state index contributed by atoms with van der Waals surface area (Å²) >= 11 is 0. The van der Waals surface area contributed by atoms with E-state index in [9.17, 15) is 18.0 Å². The molecule has 3 rings (SSSR count). The van der Waals surface area contributed by atoms with Crippen molar-refractivity contribution < 1.29 is 18.0 Å². The summed E-state index contributed by atoms with van der Waals surface area (Å²) in [6, 6.07) is 11.9. The molecule has 0 radical (unpaired) electrons. The lowest BCUT2D eigenvalue weighted by molar-refractivity contribution is -0.137. The molecule has 0 unspecified atom stereocenters. The van der Waals surface area contributed by atoms with Gasteiger partial charge in [0.15, 0.2) is 0 Å². The number of benzene rings is 2. The first kappa shape index (κ1) is 17.5. The molecule has 1 heterocycles. The maximum absolute atomic E-state index is 12.7. The molecule has 1 N–H and O–H groups in total. The molecule has 0 aliphatic carbocycles. The molecule has 4 nitrogen and oxygen atoms in total. The molecular weight excluding hydrogens is 343 g/mol. The molecule has 26 heavy (non-hydrogen) atoms. The Labute approximate surface area is 147 Å². The smallest absolute Gasteiger partial charge is 0.321 e. The second kappa shape index (κ2) is 7.26. The quantitative estimate of drug-likeness (QED) is 0.697. The van der Waals surface area contributed by atoms with E-state index in [1.54, 1.807) is 35.4 Å². The van der Waals surface area contributed by atoms with Crippen molar-refractivity contribution >= 4 is 17.7 Å². The number of amides is 1. The fourth-order valence-corrected chi connectivity index (χ4v) is 2.37. The maximum Gasteiger partial charge on any atom is 0.416 e. The van der Waals surface area contributed by atoms with Gasteiger partial charge in [0, 0.05) is 18.5 Å². The summed E-state index contributed by atoms with van der Waals surface area (Å²) in [5, 5.41) is 2.72. The summed E-state index contributed by atoms with van der Waals surface area (Å²) in [7, 11) is 0. The molecule has 0 aliphatic heterocycles. The first-order valence-electron chi connectivity index (χ1n) is 7.67. The number of para-hydroxylation sites is 2. The molecule has 1 amide bonds. The Hall–Kier alpha value is -3.35. The maximum atomic E-state index is 12.7. The molecule has 3 aromatic rings. The summed E-state index contributed by atoms with van der Waals surface area (Å²) in [4.78, 5) is 16.1. The van der Waals surface area contributed by atoms with Crippen LogP contribution in [0.3, 0.4) is 0 Å². The minimum Gasteiger partial charge on any atom is -0.321 e. The molecule has 0 saturated carbocycles. The molecule has 0 fully saturated rings. The van der Waals surface area contributed by atoms with Gasteiger partial charge < -0.3 is 9.88 Å². The van der Waals surface area contributed by atoms with Gasteiger partial charge in [-0.1, -0.05) is 24.3 Å². The number of imidazole rings is 1. The minimum atomic E-state index is -4.42. The van der Waals surface area contributed by atoms with Gasteiger partial charge in [0.05, 0.1) is 23.3 Å². The Balaban J connectivity index is 1.75. The van der Waals surface area contributed by atoms with E-state index < -0.39 is 17.6 Å². The number of alkyl halides is 3. The van der Waals surface area contributed by atoms with Crippen LogP contribution in [0.25, 0.3) is 11.8 Å². The van der Waals surface area contributed by atoms with Gasteiger partial charge in [-0.3, -0.25) is 4.79 Å². The molecule has 0 atom stereocenters. The van der Waals surface area contributed by atoms with Crippen LogP contribution in [0.15, 0.2) is 73.3 Å². The molecule has 1 aromatic heterocycles. The van der Waals surface area contributed by atoms with E-state index in [-0.39, 0.29) is 5.56 Å². The number of hydrogen-bond donors (Lipinski definition) is 1. The van der Waals surface area contributed by atoms with Crippen LogP contribution in [0.2, 0.25) is 0 Å². The van der Waals surface area contributed by atoms with Gasteiger partial charge in [-0.25, -0.2) is 4.98 Å². The zero-order chi connectivity index (χ0) is 18.6. The predicted octanol–water partition coefficient (Wildman–Crippen LogP) is 4.54. The van der Waals surface area contributed by atoms with Gasteiger partial charge in [-0.05, 0) is 35.9 Å². The highest BCUT2D eigenvalue weighted by molar-refractivity contribution is 6.03. The molecular formula is C19H14F3N3O. The van der Waals surface area contributed by atoms with Crippen LogP contribution in [-0.2, 0) is 11.0 Å². The molecule has 7 heteroatoms. The van der Waals surface area contributed by atoms with Crippen molar-refractivity contribution in [3.05, 3.63) is 84.5 Å². The Morgan fingerprint density at radius 2 is 1.92 bits per heavy atom. The Morgan fingerprint density at radius 3 is 2.65 bits per heavy atom. The van der Waals surface area contributed by atoms with Gasteiger partial charge in [-0.2, -0.15) is 13.2 Å². The summed E-state index contributed by atoms with van der Waals surface area (Å²) in [5.41, 5.74) is 0.818. The van der Waals surface area contributed by atoms with Gasteiger partial charge >= 0.3 is 6.18 Å². The third kappa shape index (κ3) is 4.18. The van der Waals surface area contributed by atoms with Crippen LogP contribution >= 0.6 is 0 Å². The zero-order valence-electron chi connectivity index (χ0n) is 13.4. The van der Waals surface area contributed by atoms with E-state index in [0.717, 1.165) is 17.8 Å². The average Bonchev–Trinajstić information content (AvgIpc) is 3.14. The third-order valence-corrected chi connectivity index (χ3v) is 3.59. The summed E-state index contributed by atoms with van der Waals surface area (Å²) < 4.78 is 39.9. The first-order chi connectivity index (χ1) is 12.4.